The summed E-state index contributed by atoms with van der Waals surface area (Å²) in [6, 6.07) is 0. The first-order valence-electron chi connectivity index (χ1n) is 4.57. The van der Waals surface area contributed by atoms with E-state index in [1.165, 1.54) is 0 Å². The summed E-state index contributed by atoms with van der Waals surface area (Å²) in [4.78, 5) is 6.51. The highest BCUT2D eigenvalue weighted by atomic mass is 35.5. The molecule has 1 aromatic rings. The molecule has 0 unspecified atom stereocenters. The first-order valence-corrected chi connectivity index (χ1v) is 5.11. The van der Waals surface area contributed by atoms with E-state index in [4.69, 9.17) is 11.6 Å². The van der Waals surface area contributed by atoms with Gasteiger partial charge in [0.2, 0.25) is 5.95 Å². The maximum absolute atomic E-state index is 5.65. The maximum Gasteiger partial charge on any atom is 0.205 e. The predicted octanol–water partition coefficient (Wildman–Crippen LogP) is 1.88. The zero-order chi connectivity index (χ0) is 9.68. The molecule has 13 heavy (non-hydrogen) atoms. The van der Waals surface area contributed by atoms with Crippen LogP contribution in [0.3, 0.4) is 0 Å². The van der Waals surface area contributed by atoms with Crippen LogP contribution in [0.5, 0.6) is 0 Å². The quantitative estimate of drug-likeness (QED) is 0.679. The van der Waals surface area contributed by atoms with Crippen LogP contribution in [-0.2, 0) is 7.05 Å². The molecule has 0 amide bonds. The molecule has 0 bridgehead atoms. The van der Waals surface area contributed by atoms with Crippen molar-refractivity contribution in [2.75, 3.05) is 23.9 Å². The number of hydrogen-bond acceptors (Lipinski definition) is 2. The van der Waals surface area contributed by atoms with Gasteiger partial charge in [0.15, 0.2) is 0 Å². The van der Waals surface area contributed by atoms with Gasteiger partial charge in [-0.2, -0.15) is 0 Å². The van der Waals surface area contributed by atoms with E-state index < -0.39 is 0 Å². The van der Waals surface area contributed by atoms with E-state index in [9.17, 15) is 0 Å². The number of alkyl halides is 1. The Morgan fingerprint density at radius 3 is 2.85 bits per heavy atom. The van der Waals surface area contributed by atoms with Crippen molar-refractivity contribution >= 4 is 17.5 Å². The van der Waals surface area contributed by atoms with E-state index in [2.05, 4.69) is 16.8 Å². The van der Waals surface area contributed by atoms with Crippen molar-refractivity contribution in [2.24, 2.45) is 7.05 Å². The summed E-state index contributed by atoms with van der Waals surface area (Å²) in [6.45, 7) is 4.08. The Balaban J connectivity index is 2.61. The minimum Gasteiger partial charge on any atom is -0.343 e. The predicted molar refractivity (Wildman–Crippen MR) is 56.4 cm³/mol. The minimum absolute atomic E-state index is 0.709. The lowest BCUT2D eigenvalue weighted by Gasteiger charge is -2.21. The Hall–Kier alpha value is -0.700. The number of halogens is 1. The molecule has 0 aromatic carbocycles. The van der Waals surface area contributed by atoms with Crippen LogP contribution in [-0.4, -0.2) is 28.5 Å². The molecule has 74 valence electrons. The van der Waals surface area contributed by atoms with Crippen LogP contribution < -0.4 is 4.90 Å². The Labute approximate surface area is 84.3 Å². The molecule has 0 aliphatic rings. The number of anilines is 1. The molecule has 0 saturated heterocycles. The topological polar surface area (TPSA) is 21.1 Å². The van der Waals surface area contributed by atoms with Crippen molar-refractivity contribution in [3.8, 4) is 0 Å². The van der Waals surface area contributed by atoms with Crippen LogP contribution in [0.15, 0.2) is 12.4 Å². The normalized spacial score (nSPS) is 10.4. The zero-order valence-corrected chi connectivity index (χ0v) is 8.96. The highest BCUT2D eigenvalue weighted by Crippen LogP contribution is 2.09. The maximum atomic E-state index is 5.65. The Bertz CT molecular complexity index is 247. The SMILES string of the molecule is CCN(CCCCl)c1nccn1C. The van der Waals surface area contributed by atoms with Crippen molar-refractivity contribution < 1.29 is 0 Å². The molecule has 0 N–H and O–H groups in total. The highest BCUT2D eigenvalue weighted by Gasteiger charge is 2.07. The number of nitrogens with zero attached hydrogens (tertiary/aromatic N) is 3. The minimum atomic E-state index is 0.709. The third kappa shape index (κ3) is 2.62. The second-order valence-corrected chi connectivity index (χ2v) is 3.34. The van der Waals surface area contributed by atoms with E-state index >= 15 is 0 Å². The van der Waals surface area contributed by atoms with Crippen LogP contribution in [0.25, 0.3) is 0 Å². The molecule has 4 heteroatoms. The van der Waals surface area contributed by atoms with Gasteiger partial charge in [-0.25, -0.2) is 4.98 Å². The summed E-state index contributed by atoms with van der Waals surface area (Å²) in [5.74, 6) is 1.73. The molecule has 1 aromatic heterocycles. The van der Waals surface area contributed by atoms with E-state index in [0.29, 0.717) is 5.88 Å². The fraction of sp³-hybridized carbons (Fsp3) is 0.667. The lowest BCUT2D eigenvalue weighted by atomic mass is 10.4. The first-order chi connectivity index (χ1) is 6.29. The average molecular weight is 202 g/mol. The largest absolute Gasteiger partial charge is 0.343 e. The average Bonchev–Trinajstić information content (AvgIpc) is 2.54. The summed E-state index contributed by atoms with van der Waals surface area (Å²) in [7, 11) is 2.01. The lowest BCUT2D eigenvalue weighted by Crippen LogP contribution is -2.26. The van der Waals surface area contributed by atoms with Gasteiger partial charge in [-0.05, 0) is 13.3 Å². The molecule has 0 aliphatic heterocycles. The first kappa shape index (κ1) is 10.4. The summed E-state index contributed by atoms with van der Waals surface area (Å²) in [6.07, 6.45) is 4.78. The molecule has 0 spiro atoms. The number of imidazole rings is 1. The standard InChI is InChI=1S/C9H16ClN3/c1-3-13(7-4-5-10)9-11-6-8-12(9)2/h6,8H,3-5,7H2,1-2H3. The lowest BCUT2D eigenvalue weighted by molar-refractivity contribution is 0.736. The fourth-order valence-corrected chi connectivity index (χ4v) is 1.43. The van der Waals surface area contributed by atoms with Crippen molar-refractivity contribution in [3.63, 3.8) is 0 Å². The number of rotatable bonds is 5. The van der Waals surface area contributed by atoms with Gasteiger partial charge in [0, 0.05) is 38.4 Å². The Kier molecular flexibility index (Phi) is 4.09. The van der Waals surface area contributed by atoms with Gasteiger partial charge in [-0.1, -0.05) is 0 Å². The molecule has 1 rings (SSSR count). The van der Waals surface area contributed by atoms with Gasteiger partial charge >= 0.3 is 0 Å². The Morgan fingerprint density at radius 1 is 1.62 bits per heavy atom. The smallest absolute Gasteiger partial charge is 0.205 e. The number of aromatic nitrogens is 2. The van der Waals surface area contributed by atoms with Crippen LogP contribution in [0.1, 0.15) is 13.3 Å². The monoisotopic (exact) mass is 201 g/mol. The summed E-state index contributed by atoms with van der Waals surface area (Å²) >= 11 is 5.65. The van der Waals surface area contributed by atoms with E-state index in [0.717, 1.165) is 25.5 Å². The van der Waals surface area contributed by atoms with E-state index in [1.807, 2.05) is 24.0 Å². The van der Waals surface area contributed by atoms with Crippen molar-refractivity contribution in [3.05, 3.63) is 12.4 Å². The molecular formula is C9H16ClN3. The van der Waals surface area contributed by atoms with Gasteiger partial charge in [0.25, 0.3) is 0 Å². The zero-order valence-electron chi connectivity index (χ0n) is 8.20. The highest BCUT2D eigenvalue weighted by molar-refractivity contribution is 6.17. The molecule has 0 saturated carbocycles. The van der Waals surface area contributed by atoms with E-state index in [-0.39, 0.29) is 0 Å². The Morgan fingerprint density at radius 2 is 2.38 bits per heavy atom. The van der Waals surface area contributed by atoms with Crippen LogP contribution in [0.4, 0.5) is 5.95 Å². The van der Waals surface area contributed by atoms with Gasteiger partial charge in [-0.15, -0.1) is 11.6 Å². The molecule has 0 radical (unpaired) electrons. The molecule has 0 fully saturated rings. The van der Waals surface area contributed by atoms with Crippen LogP contribution in [0, 0.1) is 0 Å². The number of hydrogen-bond donors (Lipinski definition) is 0. The van der Waals surface area contributed by atoms with Gasteiger partial charge in [0.05, 0.1) is 0 Å². The summed E-state index contributed by atoms with van der Waals surface area (Å²) < 4.78 is 2.03. The van der Waals surface area contributed by atoms with Crippen molar-refractivity contribution in [2.45, 2.75) is 13.3 Å². The van der Waals surface area contributed by atoms with Crippen molar-refractivity contribution in [1.82, 2.24) is 9.55 Å². The molecule has 0 atom stereocenters. The fourth-order valence-electron chi connectivity index (χ4n) is 1.31. The molecule has 0 aliphatic carbocycles. The number of aryl methyl sites for hydroxylation is 1. The van der Waals surface area contributed by atoms with Crippen molar-refractivity contribution in [1.29, 1.82) is 0 Å². The van der Waals surface area contributed by atoms with Gasteiger partial charge in [-0.3, -0.25) is 0 Å². The third-order valence-electron chi connectivity index (χ3n) is 2.02. The van der Waals surface area contributed by atoms with Crippen LogP contribution in [0.2, 0.25) is 0 Å². The third-order valence-corrected chi connectivity index (χ3v) is 2.29. The van der Waals surface area contributed by atoms with Gasteiger partial charge in [0.1, 0.15) is 0 Å². The second kappa shape index (κ2) is 5.12. The van der Waals surface area contributed by atoms with Crippen LogP contribution >= 0.6 is 11.6 Å². The summed E-state index contributed by atoms with van der Waals surface area (Å²) in [5.41, 5.74) is 0. The van der Waals surface area contributed by atoms with E-state index in [1.54, 1.807) is 0 Å². The molecular weight excluding hydrogens is 186 g/mol. The summed E-state index contributed by atoms with van der Waals surface area (Å²) in [5, 5.41) is 0. The van der Waals surface area contributed by atoms with Gasteiger partial charge < -0.3 is 9.47 Å². The molecule has 1 heterocycles. The molecule has 3 nitrogen and oxygen atoms in total. The second-order valence-electron chi connectivity index (χ2n) is 2.96.